The molecule has 1 N–H and O–H groups in total. The van der Waals surface area contributed by atoms with Gasteiger partial charge in [0.2, 0.25) is 5.91 Å². The Morgan fingerprint density at radius 3 is 2.76 bits per heavy atom. The van der Waals surface area contributed by atoms with E-state index >= 15 is 0 Å². The molecular weight excluding hydrogens is 266 g/mol. The molecule has 0 spiro atoms. The summed E-state index contributed by atoms with van der Waals surface area (Å²) in [6, 6.07) is 7.19. The molecule has 0 fully saturated rings. The molecule has 0 radical (unpaired) electrons. The van der Waals surface area contributed by atoms with E-state index in [9.17, 15) is 9.59 Å². The van der Waals surface area contributed by atoms with E-state index in [4.69, 9.17) is 0 Å². The van der Waals surface area contributed by atoms with Gasteiger partial charge in [-0.2, -0.15) is 0 Å². The van der Waals surface area contributed by atoms with Crippen molar-refractivity contribution in [2.75, 3.05) is 5.32 Å². The first-order valence-corrected chi connectivity index (χ1v) is 6.92. The summed E-state index contributed by atoms with van der Waals surface area (Å²) >= 11 is 0. The number of anilines is 1. The van der Waals surface area contributed by atoms with E-state index in [1.54, 1.807) is 0 Å². The van der Waals surface area contributed by atoms with Gasteiger partial charge in [-0.3, -0.25) is 14.2 Å². The van der Waals surface area contributed by atoms with Crippen LogP contribution in [0.15, 0.2) is 35.4 Å². The van der Waals surface area contributed by atoms with Gasteiger partial charge in [0.25, 0.3) is 5.56 Å². The van der Waals surface area contributed by atoms with Crippen molar-refractivity contribution in [2.45, 2.75) is 33.7 Å². The first-order chi connectivity index (χ1) is 10.0. The molecule has 1 heterocycles. The highest BCUT2D eigenvalue weighted by Crippen LogP contribution is 2.17. The van der Waals surface area contributed by atoms with Crippen LogP contribution in [-0.2, 0) is 17.8 Å². The second-order valence-electron chi connectivity index (χ2n) is 5.00. The number of rotatable bonds is 4. The van der Waals surface area contributed by atoms with Crippen LogP contribution in [0.5, 0.6) is 0 Å². The Kier molecular flexibility index (Phi) is 4.52. The van der Waals surface area contributed by atoms with Crippen LogP contribution in [0.4, 0.5) is 5.69 Å². The molecular formula is C16H19N3O2. The number of nitrogens with one attached hydrogen (secondary N) is 1. The van der Waals surface area contributed by atoms with Crippen molar-refractivity contribution in [1.82, 2.24) is 9.55 Å². The zero-order chi connectivity index (χ0) is 15.4. The van der Waals surface area contributed by atoms with E-state index in [-0.39, 0.29) is 18.0 Å². The topological polar surface area (TPSA) is 64.0 Å². The molecule has 5 heteroatoms. The second kappa shape index (κ2) is 6.35. The Morgan fingerprint density at radius 2 is 2.10 bits per heavy atom. The van der Waals surface area contributed by atoms with Gasteiger partial charge in [0.05, 0.1) is 6.33 Å². The summed E-state index contributed by atoms with van der Waals surface area (Å²) < 4.78 is 1.31. The monoisotopic (exact) mass is 285 g/mol. The Hall–Kier alpha value is -2.43. The predicted octanol–water partition coefficient (Wildman–Crippen LogP) is 2.06. The minimum Gasteiger partial charge on any atom is -0.324 e. The number of carbonyl (C=O) groups excluding carboxylic acids is 1. The third-order valence-corrected chi connectivity index (χ3v) is 3.49. The van der Waals surface area contributed by atoms with Crippen LogP contribution >= 0.6 is 0 Å². The van der Waals surface area contributed by atoms with Gasteiger partial charge < -0.3 is 5.32 Å². The van der Waals surface area contributed by atoms with Crippen molar-refractivity contribution in [2.24, 2.45) is 0 Å². The lowest BCUT2D eigenvalue weighted by Gasteiger charge is -2.11. The average molecular weight is 285 g/mol. The quantitative estimate of drug-likeness (QED) is 0.935. The summed E-state index contributed by atoms with van der Waals surface area (Å²) in [5, 5.41) is 2.83. The third-order valence-electron chi connectivity index (χ3n) is 3.49. The molecule has 2 rings (SSSR count). The molecule has 0 unspecified atom stereocenters. The van der Waals surface area contributed by atoms with Gasteiger partial charge in [-0.05, 0) is 37.5 Å². The molecule has 0 aliphatic heterocycles. The van der Waals surface area contributed by atoms with Gasteiger partial charge in [0, 0.05) is 17.4 Å². The molecule has 2 aromatic rings. The van der Waals surface area contributed by atoms with Gasteiger partial charge in [0.15, 0.2) is 0 Å². The number of aromatic nitrogens is 2. The lowest BCUT2D eigenvalue weighted by molar-refractivity contribution is -0.116. The van der Waals surface area contributed by atoms with Crippen LogP contribution in [0.2, 0.25) is 0 Å². The van der Waals surface area contributed by atoms with Gasteiger partial charge in [0.1, 0.15) is 6.54 Å². The van der Waals surface area contributed by atoms with E-state index in [0.29, 0.717) is 6.42 Å². The van der Waals surface area contributed by atoms with Crippen molar-refractivity contribution in [3.8, 4) is 0 Å². The standard InChI is InChI=1S/C16H19N3O2/c1-4-13-8-16(21)19(10-17-13)9-15(20)18-14-7-5-6-11(2)12(14)3/h5-8,10H,4,9H2,1-3H3,(H,18,20). The van der Waals surface area contributed by atoms with Gasteiger partial charge >= 0.3 is 0 Å². The number of amides is 1. The van der Waals surface area contributed by atoms with E-state index < -0.39 is 0 Å². The maximum Gasteiger partial charge on any atom is 0.253 e. The maximum absolute atomic E-state index is 12.1. The first-order valence-electron chi connectivity index (χ1n) is 6.92. The summed E-state index contributed by atoms with van der Waals surface area (Å²) in [6.07, 6.45) is 2.12. The minimum atomic E-state index is -0.239. The fourth-order valence-corrected chi connectivity index (χ4v) is 2.01. The van der Waals surface area contributed by atoms with Crippen LogP contribution in [0.25, 0.3) is 0 Å². The highest BCUT2D eigenvalue weighted by molar-refractivity contribution is 5.91. The fraction of sp³-hybridized carbons (Fsp3) is 0.312. The smallest absolute Gasteiger partial charge is 0.253 e. The number of carbonyl (C=O) groups is 1. The summed E-state index contributed by atoms with van der Waals surface area (Å²) in [4.78, 5) is 28.0. The highest BCUT2D eigenvalue weighted by atomic mass is 16.2. The van der Waals surface area contributed by atoms with Crippen molar-refractivity contribution in [3.05, 3.63) is 57.8 Å². The summed E-state index contributed by atoms with van der Waals surface area (Å²) in [5.41, 5.74) is 3.42. The Balaban J connectivity index is 2.12. The zero-order valence-electron chi connectivity index (χ0n) is 12.5. The molecule has 21 heavy (non-hydrogen) atoms. The number of nitrogens with zero attached hydrogens (tertiary/aromatic N) is 2. The minimum absolute atomic E-state index is 0.0385. The summed E-state index contributed by atoms with van der Waals surface area (Å²) in [7, 11) is 0. The lowest BCUT2D eigenvalue weighted by atomic mass is 10.1. The summed E-state index contributed by atoms with van der Waals surface area (Å²) in [5.74, 6) is -0.239. The Labute approximate surface area is 123 Å². The third kappa shape index (κ3) is 3.56. The van der Waals surface area contributed by atoms with Crippen LogP contribution in [0.1, 0.15) is 23.7 Å². The second-order valence-corrected chi connectivity index (χ2v) is 5.00. The van der Waals surface area contributed by atoms with E-state index in [1.165, 1.54) is 17.0 Å². The number of hydrogen-bond acceptors (Lipinski definition) is 3. The molecule has 1 aromatic carbocycles. The van der Waals surface area contributed by atoms with Crippen LogP contribution in [-0.4, -0.2) is 15.5 Å². The predicted molar refractivity (Wildman–Crippen MR) is 82.4 cm³/mol. The molecule has 1 amide bonds. The molecule has 0 bridgehead atoms. The van der Waals surface area contributed by atoms with Crippen LogP contribution < -0.4 is 10.9 Å². The van der Waals surface area contributed by atoms with Crippen molar-refractivity contribution in [3.63, 3.8) is 0 Å². The Morgan fingerprint density at radius 1 is 1.33 bits per heavy atom. The molecule has 0 saturated carbocycles. The normalized spacial score (nSPS) is 10.4. The molecule has 5 nitrogen and oxygen atoms in total. The molecule has 0 saturated heterocycles. The van der Waals surface area contributed by atoms with Crippen LogP contribution in [0.3, 0.4) is 0 Å². The van der Waals surface area contributed by atoms with Gasteiger partial charge in [-0.1, -0.05) is 19.1 Å². The number of hydrogen-bond donors (Lipinski definition) is 1. The Bertz CT molecular complexity index is 720. The lowest BCUT2D eigenvalue weighted by Crippen LogP contribution is -2.28. The molecule has 0 aliphatic carbocycles. The molecule has 110 valence electrons. The molecule has 1 aromatic heterocycles. The van der Waals surface area contributed by atoms with E-state index in [2.05, 4.69) is 10.3 Å². The van der Waals surface area contributed by atoms with Gasteiger partial charge in [-0.15, -0.1) is 0 Å². The average Bonchev–Trinajstić information content (AvgIpc) is 2.46. The van der Waals surface area contributed by atoms with Crippen molar-refractivity contribution in [1.29, 1.82) is 0 Å². The van der Waals surface area contributed by atoms with Crippen LogP contribution in [0, 0.1) is 13.8 Å². The number of benzene rings is 1. The van der Waals surface area contributed by atoms with Gasteiger partial charge in [-0.25, -0.2) is 4.98 Å². The molecule has 0 aliphatic rings. The van der Waals surface area contributed by atoms with Crippen molar-refractivity contribution < 1.29 is 4.79 Å². The fourth-order valence-electron chi connectivity index (χ4n) is 2.01. The molecule has 0 atom stereocenters. The van der Waals surface area contributed by atoms with Crippen molar-refractivity contribution >= 4 is 11.6 Å². The largest absolute Gasteiger partial charge is 0.324 e. The summed E-state index contributed by atoms with van der Waals surface area (Å²) in [6.45, 7) is 5.83. The zero-order valence-corrected chi connectivity index (χ0v) is 12.5. The number of aryl methyl sites for hydroxylation is 2. The SMILES string of the molecule is CCc1cc(=O)n(CC(=O)Nc2cccc(C)c2C)cn1. The highest BCUT2D eigenvalue weighted by Gasteiger charge is 2.08. The van der Waals surface area contributed by atoms with E-state index in [0.717, 1.165) is 22.5 Å². The maximum atomic E-state index is 12.1. The van der Waals surface area contributed by atoms with E-state index in [1.807, 2.05) is 39.0 Å². The first kappa shape index (κ1) is 15.0.